The summed E-state index contributed by atoms with van der Waals surface area (Å²) in [7, 11) is -8.58. The summed E-state index contributed by atoms with van der Waals surface area (Å²) in [5.41, 5.74) is 3.57. The largest absolute Gasteiger partial charge is 2.00 e. The fourth-order valence-electron chi connectivity index (χ4n) is 1.74. The van der Waals surface area contributed by atoms with Crippen LogP contribution in [0.5, 0.6) is 0 Å². The second kappa shape index (κ2) is 9.01. The molecule has 0 aliphatic carbocycles. The number of benzene rings is 2. The molecular formula is C16H18O6S2Zn. The molecule has 0 fully saturated rings. The minimum atomic E-state index is -4.29. The Bertz CT molecular complexity index is 871. The molecule has 0 aliphatic rings. The minimum Gasteiger partial charge on any atom is -0.744 e. The second-order valence-electron chi connectivity index (χ2n) is 5.40. The zero-order chi connectivity index (χ0) is 18.7. The summed E-state index contributed by atoms with van der Waals surface area (Å²) in [5.74, 6) is 0. The van der Waals surface area contributed by atoms with Crippen LogP contribution < -0.4 is 0 Å². The van der Waals surface area contributed by atoms with Crippen LogP contribution in [0, 0.1) is 27.7 Å². The molecule has 2 aromatic carbocycles. The van der Waals surface area contributed by atoms with E-state index in [0.29, 0.717) is 0 Å². The van der Waals surface area contributed by atoms with E-state index in [1.807, 2.05) is 13.8 Å². The predicted molar refractivity (Wildman–Crippen MR) is 87.8 cm³/mol. The monoisotopic (exact) mass is 434 g/mol. The smallest absolute Gasteiger partial charge is 0.744 e. The van der Waals surface area contributed by atoms with E-state index in [0.717, 1.165) is 22.3 Å². The van der Waals surface area contributed by atoms with E-state index in [1.165, 1.54) is 24.3 Å². The van der Waals surface area contributed by atoms with E-state index in [2.05, 4.69) is 0 Å². The Balaban J connectivity index is 0.000000443. The van der Waals surface area contributed by atoms with Crippen molar-refractivity contribution in [2.45, 2.75) is 37.5 Å². The quantitative estimate of drug-likeness (QED) is 0.528. The van der Waals surface area contributed by atoms with E-state index in [9.17, 15) is 25.9 Å². The van der Waals surface area contributed by atoms with Crippen LogP contribution in [0.1, 0.15) is 22.3 Å². The van der Waals surface area contributed by atoms with Gasteiger partial charge in [0.25, 0.3) is 0 Å². The first-order valence-corrected chi connectivity index (χ1v) is 9.70. The van der Waals surface area contributed by atoms with Crippen molar-refractivity contribution in [3.05, 3.63) is 58.7 Å². The van der Waals surface area contributed by atoms with Crippen LogP contribution in [0.2, 0.25) is 0 Å². The van der Waals surface area contributed by atoms with E-state index >= 15 is 0 Å². The maximum absolute atomic E-state index is 10.5. The van der Waals surface area contributed by atoms with Crippen LogP contribution in [0.15, 0.2) is 46.2 Å². The van der Waals surface area contributed by atoms with Gasteiger partial charge in [0, 0.05) is 0 Å². The first kappa shape index (κ1) is 23.9. The normalized spacial score (nSPS) is 11.1. The molecule has 2 aromatic rings. The molecule has 0 amide bonds. The van der Waals surface area contributed by atoms with Crippen LogP contribution in [0.4, 0.5) is 0 Å². The summed E-state index contributed by atoms with van der Waals surface area (Å²) in [6.45, 7) is 7.25. The van der Waals surface area contributed by atoms with Gasteiger partial charge in [-0.25, -0.2) is 16.8 Å². The van der Waals surface area contributed by atoms with Crippen molar-refractivity contribution >= 4 is 20.2 Å². The van der Waals surface area contributed by atoms with Gasteiger partial charge in [0.2, 0.25) is 0 Å². The van der Waals surface area contributed by atoms with Crippen LogP contribution in [0.3, 0.4) is 0 Å². The minimum absolute atomic E-state index is 0. The number of aryl methyl sites for hydroxylation is 4. The zero-order valence-electron chi connectivity index (χ0n) is 14.4. The molecular weight excluding hydrogens is 418 g/mol. The van der Waals surface area contributed by atoms with E-state index < -0.39 is 20.2 Å². The summed E-state index contributed by atoms with van der Waals surface area (Å²) >= 11 is 0. The molecule has 0 N–H and O–H groups in total. The van der Waals surface area contributed by atoms with Gasteiger partial charge >= 0.3 is 19.5 Å². The first-order valence-electron chi connectivity index (χ1n) is 6.88. The van der Waals surface area contributed by atoms with Crippen molar-refractivity contribution in [3.8, 4) is 0 Å². The molecule has 0 spiro atoms. The molecule has 0 aromatic heterocycles. The third-order valence-corrected chi connectivity index (χ3v) is 5.20. The Morgan fingerprint density at radius 1 is 0.600 bits per heavy atom. The molecule has 0 radical (unpaired) electrons. The molecule has 0 saturated carbocycles. The SMILES string of the molecule is Cc1ccc(S(=O)(=O)[O-])cc1C.Cc1ccc(S(=O)(=O)[O-])cc1C.[Zn+2]. The summed E-state index contributed by atoms with van der Waals surface area (Å²) in [5, 5.41) is 0. The van der Waals surface area contributed by atoms with Gasteiger partial charge in [0.1, 0.15) is 20.2 Å². The molecule has 6 nitrogen and oxygen atoms in total. The molecule has 0 saturated heterocycles. The fraction of sp³-hybridized carbons (Fsp3) is 0.250. The van der Waals surface area contributed by atoms with E-state index in [-0.39, 0.29) is 29.3 Å². The van der Waals surface area contributed by atoms with Gasteiger partial charge in [-0.1, -0.05) is 12.1 Å². The third-order valence-electron chi connectivity index (χ3n) is 3.53. The maximum Gasteiger partial charge on any atom is 2.00 e. The molecule has 0 atom stereocenters. The molecule has 0 unspecified atom stereocenters. The summed E-state index contributed by atoms with van der Waals surface area (Å²) in [6, 6.07) is 8.67. The van der Waals surface area contributed by atoms with Gasteiger partial charge < -0.3 is 9.11 Å². The molecule has 9 heteroatoms. The van der Waals surface area contributed by atoms with Gasteiger partial charge in [-0.3, -0.25) is 0 Å². The maximum atomic E-state index is 10.5. The average molecular weight is 436 g/mol. The zero-order valence-corrected chi connectivity index (χ0v) is 19.0. The van der Waals surface area contributed by atoms with Crippen molar-refractivity contribution in [2.24, 2.45) is 0 Å². The average Bonchev–Trinajstić information content (AvgIpc) is 2.43. The molecule has 132 valence electrons. The molecule has 0 bridgehead atoms. The van der Waals surface area contributed by atoms with Crippen LogP contribution in [-0.4, -0.2) is 25.9 Å². The van der Waals surface area contributed by atoms with Gasteiger partial charge in [-0.15, -0.1) is 0 Å². The van der Waals surface area contributed by atoms with Crippen molar-refractivity contribution in [3.63, 3.8) is 0 Å². The van der Waals surface area contributed by atoms with Gasteiger partial charge in [0.15, 0.2) is 0 Å². The number of rotatable bonds is 2. The Labute approximate surface area is 161 Å². The van der Waals surface area contributed by atoms with E-state index in [1.54, 1.807) is 26.0 Å². The topological polar surface area (TPSA) is 114 Å². The number of hydrogen-bond donors (Lipinski definition) is 0. The summed E-state index contributed by atoms with van der Waals surface area (Å²) < 4.78 is 63.2. The Morgan fingerprint density at radius 3 is 1.08 bits per heavy atom. The predicted octanol–water partition coefficient (Wildman–Crippen LogP) is 2.41. The van der Waals surface area contributed by atoms with Crippen molar-refractivity contribution < 1.29 is 45.4 Å². The van der Waals surface area contributed by atoms with Gasteiger partial charge in [-0.05, 0) is 74.2 Å². The standard InChI is InChI=1S/2C8H10O3S.Zn/c2*1-6-3-4-8(5-7(6)2)12(9,10)11;/h2*3-5H,1-2H3,(H,9,10,11);/q;;+2/p-2. The van der Waals surface area contributed by atoms with Crippen LogP contribution in [-0.2, 0) is 39.7 Å². The number of hydrogen-bond acceptors (Lipinski definition) is 6. The summed E-state index contributed by atoms with van der Waals surface area (Å²) in [6.07, 6.45) is 0. The molecule has 2 rings (SSSR count). The van der Waals surface area contributed by atoms with Gasteiger partial charge in [-0.2, -0.15) is 0 Å². The molecule has 0 heterocycles. The Kier molecular flexibility index (Phi) is 8.60. The van der Waals surface area contributed by atoms with Crippen LogP contribution in [0.25, 0.3) is 0 Å². The summed E-state index contributed by atoms with van der Waals surface area (Å²) in [4.78, 5) is -0.323. The Hall–Kier alpha value is -1.12. The first-order chi connectivity index (χ1) is 10.8. The van der Waals surface area contributed by atoms with E-state index in [4.69, 9.17) is 0 Å². The van der Waals surface area contributed by atoms with Crippen molar-refractivity contribution in [1.82, 2.24) is 0 Å². The van der Waals surface area contributed by atoms with Crippen molar-refractivity contribution in [1.29, 1.82) is 0 Å². The van der Waals surface area contributed by atoms with Crippen molar-refractivity contribution in [2.75, 3.05) is 0 Å². The third kappa shape index (κ3) is 7.34. The molecule has 0 aliphatic heterocycles. The molecule has 25 heavy (non-hydrogen) atoms. The van der Waals surface area contributed by atoms with Crippen LogP contribution >= 0.6 is 0 Å². The fourth-order valence-corrected chi connectivity index (χ4v) is 2.85. The Morgan fingerprint density at radius 2 is 0.880 bits per heavy atom. The second-order valence-corrected chi connectivity index (χ2v) is 8.16. The van der Waals surface area contributed by atoms with Gasteiger partial charge in [0.05, 0.1) is 9.79 Å².